The summed E-state index contributed by atoms with van der Waals surface area (Å²) in [6.45, 7) is 0. The average Bonchev–Trinajstić information content (AvgIpc) is 2.28. The summed E-state index contributed by atoms with van der Waals surface area (Å²) < 4.78 is 3.47. The van der Waals surface area contributed by atoms with E-state index in [-0.39, 0.29) is 0 Å². The highest BCUT2D eigenvalue weighted by molar-refractivity contribution is 14.1. The maximum atomic E-state index is 10.3. The minimum atomic E-state index is -0.546. The Kier molecular flexibility index (Phi) is 5.07. The van der Waals surface area contributed by atoms with Crippen molar-refractivity contribution in [1.29, 1.82) is 0 Å². The van der Waals surface area contributed by atoms with Crippen molar-refractivity contribution in [1.82, 2.24) is 0 Å². The minimum Gasteiger partial charge on any atom is -0.384 e. The second kappa shape index (κ2) is 6.16. The average molecular weight is 562 g/mol. The van der Waals surface area contributed by atoms with E-state index in [1.807, 2.05) is 36.4 Å². The third-order valence-electron chi connectivity index (χ3n) is 2.39. The first kappa shape index (κ1) is 14.0. The Bertz CT molecular complexity index is 502. The largest absolute Gasteiger partial charge is 0.384 e. The predicted molar refractivity (Wildman–Crippen MR) is 95.1 cm³/mol. The normalized spacial score (nSPS) is 12.5. The van der Waals surface area contributed by atoms with E-state index in [4.69, 9.17) is 0 Å². The van der Waals surface area contributed by atoms with E-state index in [9.17, 15) is 5.11 Å². The van der Waals surface area contributed by atoms with Crippen molar-refractivity contribution in [3.05, 3.63) is 64.3 Å². The lowest BCUT2D eigenvalue weighted by Gasteiger charge is -2.12. The standard InChI is InChI=1S/C13H9I3O/c14-10-3-1-8(2-4-10)13(17)9-5-11(15)7-12(16)6-9/h1-7,13,17H. The fraction of sp³-hybridized carbons (Fsp3) is 0.0769. The summed E-state index contributed by atoms with van der Waals surface area (Å²) in [5.41, 5.74) is 1.88. The smallest absolute Gasteiger partial charge is 0.104 e. The van der Waals surface area contributed by atoms with Crippen LogP contribution in [0.1, 0.15) is 17.2 Å². The van der Waals surface area contributed by atoms with E-state index in [2.05, 4.69) is 73.8 Å². The molecule has 0 fully saturated rings. The van der Waals surface area contributed by atoms with Gasteiger partial charge in [-0.1, -0.05) is 12.1 Å². The molecule has 0 spiro atoms. The number of rotatable bonds is 2. The monoisotopic (exact) mass is 562 g/mol. The molecule has 1 N–H and O–H groups in total. The summed E-state index contributed by atoms with van der Waals surface area (Å²) in [5.74, 6) is 0. The van der Waals surface area contributed by atoms with Gasteiger partial charge in [0.15, 0.2) is 0 Å². The third kappa shape index (κ3) is 3.77. The molecular formula is C13H9I3O. The van der Waals surface area contributed by atoms with Crippen LogP contribution in [0, 0.1) is 10.7 Å². The van der Waals surface area contributed by atoms with Crippen molar-refractivity contribution in [2.24, 2.45) is 0 Å². The molecule has 0 aromatic heterocycles. The number of hydrogen-bond acceptors (Lipinski definition) is 1. The molecule has 1 nitrogen and oxygen atoms in total. The summed E-state index contributed by atoms with van der Waals surface area (Å²) in [6.07, 6.45) is -0.546. The number of hydrogen-bond donors (Lipinski definition) is 1. The summed E-state index contributed by atoms with van der Waals surface area (Å²) in [4.78, 5) is 0. The molecule has 2 aromatic rings. The lowest BCUT2D eigenvalue weighted by Crippen LogP contribution is -2.00. The van der Waals surface area contributed by atoms with Gasteiger partial charge in [0.05, 0.1) is 0 Å². The molecule has 0 heterocycles. The van der Waals surface area contributed by atoms with Crippen LogP contribution >= 0.6 is 67.8 Å². The zero-order valence-corrected chi connectivity index (χ0v) is 15.2. The van der Waals surface area contributed by atoms with Gasteiger partial charge >= 0.3 is 0 Å². The van der Waals surface area contributed by atoms with E-state index in [1.165, 1.54) is 3.57 Å². The van der Waals surface area contributed by atoms with E-state index in [0.29, 0.717) is 0 Å². The minimum absolute atomic E-state index is 0.546. The molecule has 17 heavy (non-hydrogen) atoms. The Morgan fingerprint density at radius 2 is 1.24 bits per heavy atom. The van der Waals surface area contributed by atoms with Gasteiger partial charge in [0.1, 0.15) is 6.10 Å². The molecule has 0 saturated heterocycles. The molecule has 2 aromatic carbocycles. The van der Waals surface area contributed by atoms with E-state index >= 15 is 0 Å². The van der Waals surface area contributed by atoms with Gasteiger partial charge in [0.25, 0.3) is 0 Å². The number of benzene rings is 2. The maximum absolute atomic E-state index is 10.3. The van der Waals surface area contributed by atoms with Crippen LogP contribution < -0.4 is 0 Å². The summed E-state index contributed by atoms with van der Waals surface area (Å²) in [7, 11) is 0. The first-order valence-corrected chi connectivity index (χ1v) is 8.19. The molecule has 0 saturated carbocycles. The topological polar surface area (TPSA) is 20.2 Å². The number of halogens is 3. The SMILES string of the molecule is OC(c1ccc(I)cc1)c1cc(I)cc(I)c1. The van der Waals surface area contributed by atoms with Crippen molar-refractivity contribution in [2.75, 3.05) is 0 Å². The van der Waals surface area contributed by atoms with Gasteiger partial charge < -0.3 is 5.11 Å². The van der Waals surface area contributed by atoms with Gasteiger partial charge in [-0.25, -0.2) is 0 Å². The molecular weight excluding hydrogens is 553 g/mol. The van der Waals surface area contributed by atoms with Gasteiger partial charge in [-0.05, 0) is 109 Å². The van der Waals surface area contributed by atoms with E-state index < -0.39 is 6.10 Å². The van der Waals surface area contributed by atoms with Gasteiger partial charge in [-0.2, -0.15) is 0 Å². The zero-order valence-electron chi connectivity index (χ0n) is 8.70. The van der Waals surface area contributed by atoms with Crippen molar-refractivity contribution in [3.63, 3.8) is 0 Å². The molecule has 0 aliphatic carbocycles. The highest BCUT2D eigenvalue weighted by Crippen LogP contribution is 2.25. The summed E-state index contributed by atoms with van der Waals surface area (Å²) >= 11 is 6.81. The second-order valence-electron chi connectivity index (χ2n) is 3.66. The summed E-state index contributed by atoms with van der Waals surface area (Å²) in [6, 6.07) is 14.1. The molecule has 0 amide bonds. The lowest BCUT2D eigenvalue weighted by atomic mass is 10.0. The highest BCUT2D eigenvalue weighted by atomic mass is 127. The molecule has 1 atom stereocenters. The number of aliphatic hydroxyl groups excluding tert-OH is 1. The van der Waals surface area contributed by atoms with Crippen LogP contribution in [0.2, 0.25) is 0 Å². The highest BCUT2D eigenvalue weighted by Gasteiger charge is 2.11. The van der Waals surface area contributed by atoms with Crippen molar-refractivity contribution < 1.29 is 5.11 Å². The summed E-state index contributed by atoms with van der Waals surface area (Å²) in [5, 5.41) is 10.3. The predicted octanol–water partition coefficient (Wildman–Crippen LogP) is 4.58. The van der Waals surface area contributed by atoms with E-state index in [0.717, 1.165) is 18.3 Å². The Morgan fingerprint density at radius 1 is 0.706 bits per heavy atom. The van der Waals surface area contributed by atoms with Gasteiger partial charge in [0, 0.05) is 10.7 Å². The fourth-order valence-corrected chi connectivity index (χ4v) is 3.92. The van der Waals surface area contributed by atoms with Crippen molar-refractivity contribution in [3.8, 4) is 0 Å². The van der Waals surface area contributed by atoms with Crippen LogP contribution in [-0.4, -0.2) is 5.11 Å². The maximum Gasteiger partial charge on any atom is 0.104 e. The molecule has 1 unspecified atom stereocenters. The van der Waals surface area contributed by atoms with Crippen LogP contribution in [0.15, 0.2) is 42.5 Å². The van der Waals surface area contributed by atoms with Gasteiger partial charge in [-0.15, -0.1) is 0 Å². The third-order valence-corrected chi connectivity index (χ3v) is 4.35. The number of aliphatic hydroxyl groups is 1. The fourth-order valence-electron chi connectivity index (χ4n) is 1.57. The molecule has 0 radical (unpaired) electrons. The molecule has 0 bridgehead atoms. The van der Waals surface area contributed by atoms with Crippen LogP contribution in [0.5, 0.6) is 0 Å². The first-order valence-electron chi connectivity index (χ1n) is 4.96. The van der Waals surface area contributed by atoms with Crippen LogP contribution in [0.3, 0.4) is 0 Å². The Balaban J connectivity index is 2.36. The van der Waals surface area contributed by atoms with Crippen molar-refractivity contribution >= 4 is 67.8 Å². The van der Waals surface area contributed by atoms with Gasteiger partial charge in [-0.3, -0.25) is 0 Å². The Morgan fingerprint density at radius 3 is 1.76 bits per heavy atom. The molecule has 2 rings (SSSR count). The molecule has 0 aliphatic heterocycles. The Labute approximate surface area is 141 Å². The van der Waals surface area contributed by atoms with Crippen molar-refractivity contribution in [2.45, 2.75) is 6.10 Å². The van der Waals surface area contributed by atoms with Crippen LogP contribution in [0.4, 0.5) is 0 Å². The quantitative estimate of drug-likeness (QED) is 0.532. The van der Waals surface area contributed by atoms with E-state index in [1.54, 1.807) is 0 Å². The van der Waals surface area contributed by atoms with Crippen LogP contribution in [-0.2, 0) is 0 Å². The first-order chi connectivity index (χ1) is 8.06. The second-order valence-corrected chi connectivity index (χ2v) is 7.39. The Hall–Kier alpha value is 0.590. The molecule has 0 aliphatic rings. The lowest BCUT2D eigenvalue weighted by molar-refractivity contribution is 0.220. The van der Waals surface area contributed by atoms with Crippen LogP contribution in [0.25, 0.3) is 0 Å². The zero-order chi connectivity index (χ0) is 12.4. The molecule has 4 heteroatoms. The van der Waals surface area contributed by atoms with Gasteiger partial charge in [0.2, 0.25) is 0 Å². The molecule has 88 valence electrons.